The number of unbranched alkanes of at least 4 members (excludes halogenated alkanes) is 6. The lowest BCUT2D eigenvalue weighted by Crippen LogP contribution is -2.63. The second kappa shape index (κ2) is 9.77. The van der Waals surface area contributed by atoms with Crippen molar-refractivity contribution >= 4 is 5.90 Å². The lowest BCUT2D eigenvalue weighted by atomic mass is 9.50. The van der Waals surface area contributed by atoms with Crippen molar-refractivity contribution < 1.29 is 9.47 Å². The summed E-state index contributed by atoms with van der Waals surface area (Å²) in [5.41, 5.74) is -2.21. The van der Waals surface area contributed by atoms with Crippen molar-refractivity contribution in [2.24, 2.45) is 16.7 Å². The number of ether oxygens (including phenoxy) is 2. The SMILES string of the molecule is CCCCCCCCCC1OC23CCC(c4ccccc4)CC2C(C#N)(C(=N)O3)C1(C#N)C#N. The number of nitrogens with zero attached hydrogens (tertiary/aromatic N) is 3. The van der Waals surface area contributed by atoms with Crippen LogP contribution in [0.5, 0.6) is 0 Å². The third-order valence-corrected chi connectivity index (χ3v) is 8.36. The smallest absolute Gasteiger partial charge is 0.217 e. The van der Waals surface area contributed by atoms with Crippen molar-refractivity contribution in [3.8, 4) is 18.2 Å². The van der Waals surface area contributed by atoms with E-state index in [2.05, 4.69) is 37.3 Å². The maximum atomic E-state index is 10.5. The lowest BCUT2D eigenvalue weighted by molar-refractivity contribution is -0.294. The maximum absolute atomic E-state index is 10.5. The Labute approximate surface area is 203 Å². The Morgan fingerprint density at radius 1 is 0.971 bits per heavy atom. The number of hydrogen-bond donors (Lipinski definition) is 1. The summed E-state index contributed by atoms with van der Waals surface area (Å²) in [6.07, 6.45) is 9.48. The van der Waals surface area contributed by atoms with Crippen molar-refractivity contribution in [3.05, 3.63) is 35.9 Å². The zero-order valence-electron chi connectivity index (χ0n) is 20.1. The highest BCUT2D eigenvalue weighted by Crippen LogP contribution is 2.68. The lowest BCUT2D eigenvalue weighted by Gasteiger charge is -2.52. The van der Waals surface area contributed by atoms with Gasteiger partial charge < -0.3 is 9.47 Å². The van der Waals surface area contributed by atoms with Gasteiger partial charge in [-0.1, -0.05) is 82.2 Å². The van der Waals surface area contributed by atoms with Gasteiger partial charge in [-0.3, -0.25) is 5.41 Å². The van der Waals surface area contributed by atoms with Gasteiger partial charge in [0, 0.05) is 6.42 Å². The van der Waals surface area contributed by atoms with Crippen LogP contribution in [0, 0.1) is 56.2 Å². The number of hydrogen-bond acceptors (Lipinski definition) is 6. The summed E-state index contributed by atoms with van der Waals surface area (Å²) in [4.78, 5) is 0. The molecule has 1 saturated carbocycles. The molecular formula is C28H34N4O2. The van der Waals surface area contributed by atoms with Crippen LogP contribution in [-0.4, -0.2) is 17.8 Å². The van der Waals surface area contributed by atoms with Crippen LogP contribution < -0.4 is 0 Å². The average Bonchev–Trinajstić information content (AvgIpc) is 3.07. The zero-order valence-corrected chi connectivity index (χ0v) is 20.1. The van der Waals surface area contributed by atoms with E-state index < -0.39 is 28.6 Å². The van der Waals surface area contributed by atoms with Crippen LogP contribution >= 0.6 is 0 Å². The van der Waals surface area contributed by atoms with Gasteiger partial charge in [-0.15, -0.1) is 0 Å². The minimum atomic E-state index is -1.76. The largest absolute Gasteiger partial charge is 0.447 e. The van der Waals surface area contributed by atoms with Crippen LogP contribution in [0.25, 0.3) is 0 Å². The molecule has 2 aliphatic heterocycles. The molecule has 5 atom stereocenters. The number of rotatable bonds is 9. The molecule has 2 bridgehead atoms. The predicted octanol–water partition coefficient (Wildman–Crippen LogP) is 6.36. The summed E-state index contributed by atoms with van der Waals surface area (Å²) >= 11 is 0. The Morgan fingerprint density at radius 2 is 1.65 bits per heavy atom. The molecule has 4 rings (SSSR count). The molecule has 0 amide bonds. The van der Waals surface area contributed by atoms with Gasteiger partial charge in [0.25, 0.3) is 0 Å². The first-order valence-corrected chi connectivity index (χ1v) is 12.8. The molecule has 0 spiro atoms. The van der Waals surface area contributed by atoms with Crippen LogP contribution in [0.1, 0.15) is 89.0 Å². The van der Waals surface area contributed by atoms with Crippen LogP contribution in [0.15, 0.2) is 30.3 Å². The van der Waals surface area contributed by atoms with Gasteiger partial charge in [0.05, 0.1) is 30.2 Å². The Morgan fingerprint density at radius 3 is 2.29 bits per heavy atom. The van der Waals surface area contributed by atoms with Crippen molar-refractivity contribution in [1.29, 1.82) is 21.2 Å². The second-order valence-electron chi connectivity index (χ2n) is 10.1. The van der Waals surface area contributed by atoms with Crippen LogP contribution in [0.3, 0.4) is 0 Å². The quantitative estimate of drug-likeness (QED) is 0.433. The summed E-state index contributed by atoms with van der Waals surface area (Å²) in [6, 6.07) is 16.8. The van der Waals surface area contributed by atoms with Crippen molar-refractivity contribution in [2.75, 3.05) is 0 Å². The average molecular weight is 459 g/mol. The zero-order chi connectivity index (χ0) is 24.2. The second-order valence-corrected chi connectivity index (χ2v) is 10.1. The summed E-state index contributed by atoms with van der Waals surface area (Å²) in [6.45, 7) is 2.20. The first-order chi connectivity index (χ1) is 16.5. The molecule has 1 aromatic rings. The van der Waals surface area contributed by atoms with E-state index in [1.54, 1.807) is 0 Å². The molecule has 5 unspecified atom stereocenters. The molecule has 1 aromatic carbocycles. The van der Waals surface area contributed by atoms with Crippen LogP contribution in [0.4, 0.5) is 0 Å². The van der Waals surface area contributed by atoms with Gasteiger partial charge in [0.2, 0.25) is 11.7 Å². The highest BCUT2D eigenvalue weighted by Gasteiger charge is 2.80. The fourth-order valence-corrected chi connectivity index (χ4v) is 6.53. The predicted molar refractivity (Wildman–Crippen MR) is 127 cm³/mol. The molecule has 34 heavy (non-hydrogen) atoms. The van der Waals surface area contributed by atoms with E-state index in [4.69, 9.17) is 14.9 Å². The Hall–Kier alpha value is -2.88. The Balaban J connectivity index is 1.60. The van der Waals surface area contributed by atoms with Crippen molar-refractivity contribution in [2.45, 2.75) is 95.4 Å². The molecule has 2 heterocycles. The first-order valence-electron chi connectivity index (χ1n) is 12.8. The standard InChI is InChI=1S/C28H34N4O2/c1-2-3-4-5-6-7-11-14-24-26(18-29,19-30)27(20-31)23-17-22(21-12-9-8-10-13-21)15-16-28(23,33-24)34-25(27)32/h8-10,12-13,22-24,32H,2-7,11,14-17H2,1H3. The van der Waals surface area contributed by atoms with Crippen LogP contribution in [0.2, 0.25) is 0 Å². The molecule has 6 nitrogen and oxygen atoms in total. The van der Waals surface area contributed by atoms with E-state index in [0.29, 0.717) is 19.3 Å². The Bertz CT molecular complexity index is 1010. The summed E-state index contributed by atoms with van der Waals surface area (Å²) in [5, 5.41) is 39.9. The van der Waals surface area contributed by atoms with Crippen LogP contribution in [-0.2, 0) is 9.47 Å². The van der Waals surface area contributed by atoms with E-state index in [-0.39, 0.29) is 11.8 Å². The molecule has 1 N–H and O–H groups in total. The van der Waals surface area contributed by atoms with Gasteiger partial charge >= 0.3 is 0 Å². The first kappa shape index (κ1) is 24.3. The fraction of sp³-hybridized carbons (Fsp3) is 0.643. The fourth-order valence-electron chi connectivity index (χ4n) is 6.53. The molecule has 2 saturated heterocycles. The Kier molecular flexibility index (Phi) is 6.97. The topological polar surface area (TPSA) is 114 Å². The maximum Gasteiger partial charge on any atom is 0.217 e. The van der Waals surface area contributed by atoms with E-state index >= 15 is 0 Å². The minimum Gasteiger partial charge on any atom is -0.447 e. The summed E-state index contributed by atoms with van der Waals surface area (Å²) in [7, 11) is 0. The van der Waals surface area contributed by atoms with Gasteiger partial charge in [0.15, 0.2) is 10.8 Å². The molecule has 3 fully saturated rings. The number of benzene rings is 1. The molecule has 6 heteroatoms. The molecule has 1 aliphatic carbocycles. The number of nitriles is 3. The van der Waals surface area contributed by atoms with E-state index in [0.717, 1.165) is 25.7 Å². The molecule has 0 radical (unpaired) electrons. The van der Waals surface area contributed by atoms with Gasteiger partial charge in [-0.25, -0.2) is 0 Å². The minimum absolute atomic E-state index is 0.167. The van der Waals surface area contributed by atoms with Gasteiger partial charge in [0.1, 0.15) is 0 Å². The highest BCUT2D eigenvalue weighted by molar-refractivity contribution is 5.89. The summed E-state index contributed by atoms with van der Waals surface area (Å²) in [5.74, 6) is -1.72. The van der Waals surface area contributed by atoms with Crippen molar-refractivity contribution in [1.82, 2.24) is 0 Å². The van der Waals surface area contributed by atoms with E-state index in [9.17, 15) is 15.8 Å². The molecule has 0 aromatic heterocycles. The van der Waals surface area contributed by atoms with E-state index in [1.165, 1.54) is 31.2 Å². The normalized spacial score (nSPS) is 33.1. The van der Waals surface area contributed by atoms with Gasteiger partial charge in [-0.05, 0) is 30.7 Å². The third kappa shape index (κ3) is 3.59. The molecule has 3 aliphatic rings. The van der Waals surface area contributed by atoms with E-state index in [1.807, 2.05) is 18.2 Å². The number of nitrogens with one attached hydrogen (secondary N) is 1. The monoisotopic (exact) mass is 458 g/mol. The summed E-state index contributed by atoms with van der Waals surface area (Å²) < 4.78 is 12.6. The molecule has 178 valence electrons. The van der Waals surface area contributed by atoms with Gasteiger partial charge in [-0.2, -0.15) is 15.8 Å². The third-order valence-electron chi connectivity index (χ3n) is 8.36. The molecular weight excluding hydrogens is 424 g/mol. The van der Waals surface area contributed by atoms with Crippen molar-refractivity contribution in [3.63, 3.8) is 0 Å². The highest BCUT2D eigenvalue weighted by atomic mass is 16.7.